The topological polar surface area (TPSA) is 90.9 Å². The number of rotatable bonds is 5. The molecule has 1 unspecified atom stereocenters. The third-order valence-electron chi connectivity index (χ3n) is 2.91. The van der Waals surface area contributed by atoms with Crippen molar-refractivity contribution in [2.24, 2.45) is 0 Å². The van der Waals surface area contributed by atoms with Gasteiger partial charge in [0, 0.05) is 0 Å². The lowest BCUT2D eigenvalue weighted by atomic mass is 10.2. The van der Waals surface area contributed by atoms with Crippen molar-refractivity contribution in [3.8, 4) is 0 Å². The molecule has 7 heteroatoms. The monoisotopic (exact) mass is 293 g/mol. The average molecular weight is 293 g/mol. The summed E-state index contributed by atoms with van der Waals surface area (Å²) in [4.78, 5) is 34.4. The van der Waals surface area contributed by atoms with Gasteiger partial charge in [0.15, 0.2) is 0 Å². The first-order chi connectivity index (χ1) is 10.1. The molecule has 0 saturated carbocycles. The van der Waals surface area contributed by atoms with Gasteiger partial charge in [-0.2, -0.15) is 0 Å². The molecule has 1 saturated heterocycles. The van der Waals surface area contributed by atoms with Crippen LogP contribution in [0.2, 0.25) is 0 Å². The highest BCUT2D eigenvalue weighted by Crippen LogP contribution is 2.11. The molecular formula is C14H15NO6. The SMILES string of the molecule is COC(=O)C[C@@H]1NC(C(=O)OCc2ccccc2)OC1=O. The molecule has 0 bridgehead atoms. The minimum absolute atomic E-state index is 0.0804. The van der Waals surface area contributed by atoms with Crippen molar-refractivity contribution in [1.82, 2.24) is 5.32 Å². The Kier molecular flexibility index (Phi) is 4.89. The molecule has 2 atom stereocenters. The summed E-state index contributed by atoms with van der Waals surface area (Å²) >= 11 is 0. The number of carbonyl (C=O) groups is 3. The van der Waals surface area contributed by atoms with E-state index in [1.807, 2.05) is 18.2 Å². The summed E-state index contributed by atoms with van der Waals surface area (Å²) < 4.78 is 14.3. The lowest BCUT2D eigenvalue weighted by Crippen LogP contribution is -2.39. The number of hydrogen-bond donors (Lipinski definition) is 1. The molecule has 1 aliphatic rings. The lowest BCUT2D eigenvalue weighted by molar-refractivity contribution is -0.163. The Morgan fingerprint density at radius 1 is 1.29 bits per heavy atom. The summed E-state index contributed by atoms with van der Waals surface area (Å²) in [6.45, 7) is 0.0804. The maximum Gasteiger partial charge on any atom is 0.363 e. The number of methoxy groups -OCH3 is 1. The fourth-order valence-corrected chi connectivity index (χ4v) is 1.80. The number of esters is 3. The van der Waals surface area contributed by atoms with Gasteiger partial charge in [-0.1, -0.05) is 30.3 Å². The van der Waals surface area contributed by atoms with Gasteiger partial charge in [-0.25, -0.2) is 4.79 Å². The van der Waals surface area contributed by atoms with E-state index in [1.165, 1.54) is 7.11 Å². The highest BCUT2D eigenvalue weighted by Gasteiger charge is 2.40. The Morgan fingerprint density at radius 3 is 2.67 bits per heavy atom. The number of cyclic esters (lactones) is 1. The number of nitrogens with one attached hydrogen (secondary N) is 1. The summed E-state index contributed by atoms with van der Waals surface area (Å²) in [5.41, 5.74) is 0.821. The molecule has 1 aromatic rings. The maximum absolute atomic E-state index is 11.8. The third-order valence-corrected chi connectivity index (χ3v) is 2.91. The molecule has 0 aromatic heterocycles. The van der Waals surface area contributed by atoms with Crippen LogP contribution >= 0.6 is 0 Å². The Balaban J connectivity index is 1.84. The van der Waals surface area contributed by atoms with E-state index in [2.05, 4.69) is 10.1 Å². The van der Waals surface area contributed by atoms with Crippen LogP contribution in [0.25, 0.3) is 0 Å². The summed E-state index contributed by atoms with van der Waals surface area (Å²) in [6, 6.07) is 8.21. The van der Waals surface area contributed by atoms with Crippen molar-refractivity contribution in [3.63, 3.8) is 0 Å². The second-order valence-electron chi connectivity index (χ2n) is 4.41. The van der Waals surface area contributed by atoms with Crippen molar-refractivity contribution < 1.29 is 28.6 Å². The molecule has 1 heterocycles. The molecule has 1 aromatic carbocycles. The van der Waals surface area contributed by atoms with Crippen LogP contribution in [0, 0.1) is 0 Å². The van der Waals surface area contributed by atoms with Gasteiger partial charge in [0.25, 0.3) is 6.23 Å². The second kappa shape index (κ2) is 6.85. The van der Waals surface area contributed by atoms with Gasteiger partial charge in [0.2, 0.25) is 0 Å². The quantitative estimate of drug-likeness (QED) is 0.609. The highest BCUT2D eigenvalue weighted by atomic mass is 16.6. The fourth-order valence-electron chi connectivity index (χ4n) is 1.80. The van der Waals surface area contributed by atoms with Crippen molar-refractivity contribution in [3.05, 3.63) is 35.9 Å². The normalized spacial score (nSPS) is 20.7. The lowest BCUT2D eigenvalue weighted by Gasteiger charge is -2.10. The van der Waals surface area contributed by atoms with Crippen LogP contribution in [0.15, 0.2) is 30.3 Å². The number of hydrogen-bond acceptors (Lipinski definition) is 7. The second-order valence-corrected chi connectivity index (χ2v) is 4.41. The molecule has 0 spiro atoms. The summed E-state index contributed by atoms with van der Waals surface area (Å²) in [7, 11) is 1.22. The van der Waals surface area contributed by atoms with Gasteiger partial charge in [0.1, 0.15) is 12.6 Å². The van der Waals surface area contributed by atoms with Crippen LogP contribution < -0.4 is 5.32 Å². The van der Waals surface area contributed by atoms with Gasteiger partial charge in [-0.05, 0) is 5.56 Å². The summed E-state index contributed by atoms with van der Waals surface area (Å²) in [5.74, 6) is -1.95. The zero-order valence-corrected chi connectivity index (χ0v) is 11.4. The molecule has 7 nitrogen and oxygen atoms in total. The molecule has 0 amide bonds. The molecule has 112 valence electrons. The standard InChI is InChI=1S/C14H15NO6/c1-19-11(16)7-10-13(17)21-12(15-10)14(18)20-8-9-5-3-2-4-6-9/h2-6,10,12,15H,7-8H2,1H3/t10-,12?/m0/s1. The predicted octanol–water partition coefficient (Wildman–Crippen LogP) is 0.134. The molecule has 0 radical (unpaired) electrons. The van der Waals surface area contributed by atoms with Crippen LogP contribution in [0.1, 0.15) is 12.0 Å². The molecule has 0 aliphatic carbocycles. The molecular weight excluding hydrogens is 278 g/mol. The molecule has 1 N–H and O–H groups in total. The van der Waals surface area contributed by atoms with Crippen LogP contribution in [0.3, 0.4) is 0 Å². The Labute approximate surface area is 121 Å². The molecule has 2 rings (SSSR count). The molecule has 1 fully saturated rings. The maximum atomic E-state index is 11.8. The van der Waals surface area contributed by atoms with Gasteiger partial charge in [-0.3, -0.25) is 14.9 Å². The van der Waals surface area contributed by atoms with E-state index in [0.29, 0.717) is 0 Å². The summed E-state index contributed by atoms with van der Waals surface area (Å²) in [6.07, 6.45) is -1.39. The van der Waals surface area contributed by atoms with Gasteiger partial charge >= 0.3 is 17.9 Å². The van der Waals surface area contributed by atoms with Crippen LogP contribution in [-0.2, 0) is 35.2 Å². The van der Waals surface area contributed by atoms with Gasteiger partial charge in [-0.15, -0.1) is 0 Å². The first kappa shape index (κ1) is 15.0. The van der Waals surface area contributed by atoms with E-state index in [4.69, 9.17) is 9.47 Å². The van der Waals surface area contributed by atoms with Crippen LogP contribution in [0.5, 0.6) is 0 Å². The van der Waals surface area contributed by atoms with Crippen LogP contribution in [-0.4, -0.2) is 37.3 Å². The average Bonchev–Trinajstić information content (AvgIpc) is 2.87. The number of benzene rings is 1. The molecule has 1 aliphatic heterocycles. The fraction of sp³-hybridized carbons (Fsp3) is 0.357. The predicted molar refractivity (Wildman–Crippen MR) is 69.7 cm³/mol. The van der Waals surface area contributed by atoms with Gasteiger partial charge in [0.05, 0.1) is 13.5 Å². The van der Waals surface area contributed by atoms with Crippen molar-refractivity contribution >= 4 is 17.9 Å². The smallest absolute Gasteiger partial charge is 0.363 e. The zero-order valence-electron chi connectivity index (χ0n) is 11.4. The van der Waals surface area contributed by atoms with E-state index >= 15 is 0 Å². The highest BCUT2D eigenvalue weighted by molar-refractivity contribution is 5.88. The first-order valence-electron chi connectivity index (χ1n) is 6.34. The van der Waals surface area contributed by atoms with E-state index in [9.17, 15) is 14.4 Å². The first-order valence-corrected chi connectivity index (χ1v) is 6.34. The minimum atomic E-state index is -1.20. The van der Waals surface area contributed by atoms with Crippen molar-refractivity contribution in [2.75, 3.05) is 7.11 Å². The minimum Gasteiger partial charge on any atom is -0.469 e. The van der Waals surface area contributed by atoms with E-state index in [1.54, 1.807) is 12.1 Å². The number of ether oxygens (including phenoxy) is 3. The Bertz CT molecular complexity index is 530. The Morgan fingerprint density at radius 2 is 2.00 bits per heavy atom. The molecule has 21 heavy (non-hydrogen) atoms. The van der Waals surface area contributed by atoms with E-state index in [0.717, 1.165) is 5.56 Å². The Hall–Kier alpha value is -2.41. The zero-order chi connectivity index (χ0) is 15.2. The van der Waals surface area contributed by atoms with E-state index < -0.39 is 30.2 Å². The number of carbonyl (C=O) groups excluding carboxylic acids is 3. The third kappa shape index (κ3) is 4.03. The van der Waals surface area contributed by atoms with E-state index in [-0.39, 0.29) is 13.0 Å². The van der Waals surface area contributed by atoms with Crippen molar-refractivity contribution in [2.45, 2.75) is 25.3 Å². The summed E-state index contributed by atoms with van der Waals surface area (Å²) in [5, 5.41) is 2.59. The van der Waals surface area contributed by atoms with Crippen molar-refractivity contribution in [1.29, 1.82) is 0 Å². The van der Waals surface area contributed by atoms with Crippen LogP contribution in [0.4, 0.5) is 0 Å². The van der Waals surface area contributed by atoms with Gasteiger partial charge < -0.3 is 14.2 Å². The largest absolute Gasteiger partial charge is 0.469 e.